The van der Waals surface area contributed by atoms with E-state index in [2.05, 4.69) is 19.5 Å². The number of aliphatic imine (C=N–C) groups is 2. The van der Waals surface area contributed by atoms with Crippen LogP contribution in [0.4, 0.5) is 21.0 Å². The summed E-state index contributed by atoms with van der Waals surface area (Å²) in [6.45, 7) is 5.65. The number of rotatable bonds is 10. The largest absolute Gasteiger partial charge is 0.512 e. The van der Waals surface area contributed by atoms with Crippen molar-refractivity contribution in [3.8, 4) is 0 Å². The third-order valence-electron chi connectivity index (χ3n) is 5.23. The molecule has 4 N–H and O–H groups in total. The minimum Gasteiger partial charge on any atom is -0.512 e. The van der Waals surface area contributed by atoms with E-state index in [9.17, 15) is 37.8 Å². The molecular formula is C28H30N4O10S. The lowest BCUT2D eigenvalue weighted by Crippen LogP contribution is -2.33. The minimum absolute atomic E-state index is 0.0420. The quantitative estimate of drug-likeness (QED) is 0.171. The van der Waals surface area contributed by atoms with E-state index in [1.807, 2.05) is 10.6 Å². The van der Waals surface area contributed by atoms with Crippen LogP contribution in [-0.2, 0) is 28.9 Å². The Balaban J connectivity index is 2.18. The number of benzene rings is 2. The van der Waals surface area contributed by atoms with Gasteiger partial charge in [0.15, 0.2) is 0 Å². The van der Waals surface area contributed by atoms with Crippen molar-refractivity contribution >= 4 is 57.6 Å². The number of allylic oxidation sites excluding steroid dienone is 2. The zero-order chi connectivity index (χ0) is 32.2. The summed E-state index contributed by atoms with van der Waals surface area (Å²) in [4.78, 5) is 55.3. The lowest BCUT2D eigenvalue weighted by Gasteiger charge is -2.07. The van der Waals surface area contributed by atoms with E-state index in [0.717, 1.165) is 12.4 Å². The number of aliphatic hydroxyl groups is 2. The number of imide groups is 2. The highest BCUT2D eigenvalue weighted by atomic mass is 32.2. The van der Waals surface area contributed by atoms with Crippen LogP contribution in [0, 0.1) is 0 Å². The van der Waals surface area contributed by atoms with Gasteiger partial charge in [-0.3, -0.25) is 30.2 Å². The number of nitrogens with one attached hydrogen (secondary N) is 2. The molecule has 15 heteroatoms. The van der Waals surface area contributed by atoms with Gasteiger partial charge >= 0.3 is 12.2 Å². The van der Waals surface area contributed by atoms with Gasteiger partial charge in [0.2, 0.25) is 9.84 Å². The van der Waals surface area contributed by atoms with Gasteiger partial charge in [-0.15, -0.1) is 0 Å². The van der Waals surface area contributed by atoms with Crippen LogP contribution in [0.1, 0.15) is 27.7 Å². The maximum absolute atomic E-state index is 13.1. The summed E-state index contributed by atoms with van der Waals surface area (Å²) in [5.41, 5.74) is -0.101. The first-order valence-electron chi connectivity index (χ1n) is 12.6. The van der Waals surface area contributed by atoms with Crippen molar-refractivity contribution in [3.05, 3.63) is 71.2 Å². The highest BCUT2D eigenvalue weighted by Gasteiger charge is 2.19. The number of nitrogens with zero attached hydrogens (tertiary/aromatic N) is 2. The molecular weight excluding hydrogens is 584 g/mol. The Hall–Kier alpha value is -5.31. The molecule has 228 valence electrons. The molecule has 0 atom stereocenters. The van der Waals surface area contributed by atoms with Crippen LogP contribution < -0.4 is 10.6 Å². The summed E-state index contributed by atoms with van der Waals surface area (Å²) in [6, 6.07) is 10.7. The topological polar surface area (TPSA) is 210 Å². The number of amides is 4. The van der Waals surface area contributed by atoms with E-state index in [1.165, 1.54) is 62.4 Å². The molecule has 0 aliphatic rings. The molecule has 2 aromatic rings. The predicted molar refractivity (Wildman–Crippen MR) is 156 cm³/mol. The summed E-state index contributed by atoms with van der Waals surface area (Å²) in [5.74, 6) is -2.69. The fourth-order valence-corrected chi connectivity index (χ4v) is 4.39. The van der Waals surface area contributed by atoms with E-state index in [4.69, 9.17) is 0 Å². The third-order valence-corrected chi connectivity index (χ3v) is 7.02. The Morgan fingerprint density at radius 1 is 0.698 bits per heavy atom. The first-order valence-corrected chi connectivity index (χ1v) is 14.1. The number of carbonyl (C=O) groups is 4. The average Bonchev–Trinajstić information content (AvgIpc) is 2.93. The molecule has 0 saturated heterocycles. The number of sulfone groups is 1. The number of carbonyl (C=O) groups excluding carboxylic acids is 4. The number of hydrogen-bond acceptors (Lipinski definition) is 12. The first kappa shape index (κ1) is 33.9. The molecule has 4 amide bonds. The molecule has 0 aliphatic carbocycles. The molecule has 0 bridgehead atoms. The van der Waals surface area contributed by atoms with Gasteiger partial charge in [0.25, 0.3) is 11.8 Å². The second-order valence-electron chi connectivity index (χ2n) is 8.35. The van der Waals surface area contributed by atoms with Crippen LogP contribution >= 0.6 is 0 Å². The average molecular weight is 615 g/mol. The van der Waals surface area contributed by atoms with Crippen LogP contribution in [0.15, 0.2) is 91.0 Å². The summed E-state index contributed by atoms with van der Waals surface area (Å²) >= 11 is 0. The zero-order valence-electron chi connectivity index (χ0n) is 23.7. The standard InChI is InChI=1S/C28H30N4O10S/c1-5-41-27(37)31-25(35)23(17(3)33)15-29-19-7-11-21(12-8-19)43(39,40)22-13-9-20(10-14-22)30-16-24(18(4)34)26(36)32-28(38)42-6-2/h7-16,33-34H,5-6H2,1-4H3,(H,31,35,37)(H,32,36,38)/b23-17+,24-18+,29-15?,30-16?. The summed E-state index contributed by atoms with van der Waals surface area (Å²) < 4.78 is 35.5. The van der Waals surface area contributed by atoms with Crippen molar-refractivity contribution in [1.82, 2.24) is 10.6 Å². The van der Waals surface area contributed by atoms with Crippen molar-refractivity contribution in [1.29, 1.82) is 0 Å². The minimum atomic E-state index is -3.96. The van der Waals surface area contributed by atoms with Crippen LogP contribution in [-0.4, -0.2) is 68.3 Å². The van der Waals surface area contributed by atoms with E-state index in [1.54, 1.807) is 13.8 Å². The highest BCUT2D eigenvalue weighted by molar-refractivity contribution is 7.91. The fraction of sp³-hybridized carbons (Fsp3) is 0.214. The summed E-state index contributed by atoms with van der Waals surface area (Å²) in [7, 11) is -3.96. The van der Waals surface area contributed by atoms with Gasteiger partial charge in [-0.05, 0) is 76.2 Å². The molecule has 0 spiro atoms. The van der Waals surface area contributed by atoms with Gasteiger partial charge < -0.3 is 19.7 Å². The lowest BCUT2D eigenvalue weighted by atomic mass is 10.2. The highest BCUT2D eigenvalue weighted by Crippen LogP contribution is 2.25. The normalized spacial score (nSPS) is 12.7. The fourth-order valence-electron chi connectivity index (χ4n) is 3.12. The smallest absolute Gasteiger partial charge is 0.414 e. The van der Waals surface area contributed by atoms with E-state index < -0.39 is 45.4 Å². The lowest BCUT2D eigenvalue weighted by molar-refractivity contribution is -0.117. The Morgan fingerprint density at radius 3 is 1.30 bits per heavy atom. The van der Waals surface area contributed by atoms with Gasteiger partial charge in [0, 0.05) is 12.4 Å². The van der Waals surface area contributed by atoms with Crippen molar-refractivity contribution in [2.24, 2.45) is 9.98 Å². The monoisotopic (exact) mass is 614 g/mol. The van der Waals surface area contributed by atoms with Gasteiger partial charge in [-0.2, -0.15) is 0 Å². The molecule has 43 heavy (non-hydrogen) atoms. The number of ether oxygens (including phenoxy) is 2. The number of hydrogen-bond donors (Lipinski definition) is 4. The Labute approximate surface area is 247 Å². The molecule has 2 aromatic carbocycles. The molecule has 0 aliphatic heterocycles. The van der Waals surface area contributed by atoms with Crippen LogP contribution in [0.3, 0.4) is 0 Å². The molecule has 14 nitrogen and oxygen atoms in total. The molecule has 0 radical (unpaired) electrons. The third kappa shape index (κ3) is 9.93. The molecule has 0 heterocycles. The zero-order valence-corrected chi connectivity index (χ0v) is 24.5. The van der Waals surface area contributed by atoms with Crippen molar-refractivity contribution in [2.75, 3.05) is 13.2 Å². The second-order valence-corrected chi connectivity index (χ2v) is 10.3. The van der Waals surface area contributed by atoms with Gasteiger partial charge in [0.1, 0.15) is 11.5 Å². The van der Waals surface area contributed by atoms with Gasteiger partial charge in [-0.25, -0.2) is 18.0 Å². The number of aliphatic hydroxyl groups excluding tert-OH is 2. The van der Waals surface area contributed by atoms with Crippen LogP contribution in [0.25, 0.3) is 0 Å². The Kier molecular flexibility index (Phi) is 12.3. The maximum atomic E-state index is 13.1. The van der Waals surface area contributed by atoms with Gasteiger partial charge in [0.05, 0.1) is 45.5 Å². The number of alkyl carbamates (subject to hydrolysis) is 2. The molecule has 0 saturated carbocycles. The Bertz CT molecular complexity index is 1470. The SMILES string of the molecule is CCOC(=O)NC(=O)/C(C=Nc1ccc(S(=O)(=O)c2ccc(N=C/C(C(=O)NC(=O)OCC)=C(/C)O)cc2)cc1)=C(\C)O. The molecule has 0 aromatic heterocycles. The van der Waals surface area contributed by atoms with Crippen molar-refractivity contribution < 1.29 is 47.3 Å². The van der Waals surface area contributed by atoms with E-state index in [0.29, 0.717) is 0 Å². The Morgan fingerprint density at radius 2 is 1.02 bits per heavy atom. The maximum Gasteiger partial charge on any atom is 0.414 e. The summed E-state index contributed by atoms with van der Waals surface area (Å²) in [5, 5.41) is 23.5. The van der Waals surface area contributed by atoms with Crippen LogP contribution in [0.5, 0.6) is 0 Å². The van der Waals surface area contributed by atoms with Crippen molar-refractivity contribution in [3.63, 3.8) is 0 Å². The summed E-state index contributed by atoms with van der Waals surface area (Å²) in [6.07, 6.45) is 0.0570. The molecule has 0 fully saturated rings. The molecule has 0 unspecified atom stereocenters. The van der Waals surface area contributed by atoms with E-state index in [-0.39, 0.29) is 45.5 Å². The second kappa shape index (κ2) is 15.6. The first-order chi connectivity index (χ1) is 20.3. The van der Waals surface area contributed by atoms with E-state index >= 15 is 0 Å². The van der Waals surface area contributed by atoms with Crippen LogP contribution in [0.2, 0.25) is 0 Å². The predicted octanol–water partition coefficient (Wildman–Crippen LogP) is 4.13. The van der Waals surface area contributed by atoms with Gasteiger partial charge in [-0.1, -0.05) is 0 Å². The molecule has 2 rings (SSSR count). The van der Waals surface area contributed by atoms with Crippen molar-refractivity contribution in [2.45, 2.75) is 37.5 Å².